The SMILES string of the molecule is COc1ccc(S(=O)(=O)Nc2ccc(S(=O)(=O)N3CCCC3)cc2)cc1OC. The van der Waals surface area contributed by atoms with Crippen molar-refractivity contribution in [2.45, 2.75) is 22.6 Å². The van der Waals surface area contributed by atoms with Gasteiger partial charge in [-0.3, -0.25) is 4.72 Å². The van der Waals surface area contributed by atoms with Crippen LogP contribution in [0.3, 0.4) is 0 Å². The van der Waals surface area contributed by atoms with Crippen LogP contribution >= 0.6 is 0 Å². The first-order valence-electron chi connectivity index (χ1n) is 8.63. The van der Waals surface area contributed by atoms with Crippen LogP contribution in [-0.4, -0.2) is 48.4 Å². The van der Waals surface area contributed by atoms with E-state index >= 15 is 0 Å². The smallest absolute Gasteiger partial charge is 0.262 e. The van der Waals surface area contributed by atoms with Crippen molar-refractivity contribution < 1.29 is 26.3 Å². The number of rotatable bonds is 7. The van der Waals surface area contributed by atoms with E-state index in [0.29, 0.717) is 18.8 Å². The summed E-state index contributed by atoms with van der Waals surface area (Å²) in [7, 11) is -4.54. The summed E-state index contributed by atoms with van der Waals surface area (Å²) in [5.41, 5.74) is 0.259. The van der Waals surface area contributed by atoms with E-state index in [1.807, 2.05) is 0 Å². The highest BCUT2D eigenvalue weighted by Gasteiger charge is 2.27. The normalized spacial score (nSPS) is 15.4. The molecule has 0 amide bonds. The summed E-state index contributed by atoms with van der Waals surface area (Å²) in [6.07, 6.45) is 1.70. The Bertz CT molecular complexity index is 1040. The molecule has 3 rings (SSSR count). The van der Waals surface area contributed by atoms with E-state index in [1.54, 1.807) is 0 Å². The van der Waals surface area contributed by atoms with Crippen molar-refractivity contribution in [2.75, 3.05) is 32.0 Å². The number of anilines is 1. The van der Waals surface area contributed by atoms with Crippen LogP contribution in [-0.2, 0) is 20.0 Å². The maximum atomic E-state index is 12.6. The van der Waals surface area contributed by atoms with Gasteiger partial charge >= 0.3 is 0 Å². The van der Waals surface area contributed by atoms with Crippen LogP contribution in [0.1, 0.15) is 12.8 Å². The lowest BCUT2D eigenvalue weighted by atomic mass is 10.3. The van der Waals surface area contributed by atoms with Crippen LogP contribution in [0.15, 0.2) is 52.3 Å². The summed E-state index contributed by atoms with van der Waals surface area (Å²) in [5.74, 6) is 0.704. The van der Waals surface area contributed by atoms with Crippen LogP contribution in [0, 0.1) is 0 Å². The Morgan fingerprint density at radius 3 is 1.96 bits per heavy atom. The van der Waals surface area contributed by atoms with Gasteiger partial charge < -0.3 is 9.47 Å². The van der Waals surface area contributed by atoms with Crippen LogP contribution < -0.4 is 14.2 Å². The fraction of sp³-hybridized carbons (Fsp3) is 0.333. The minimum atomic E-state index is -3.88. The molecule has 10 heteroatoms. The molecule has 0 bridgehead atoms. The molecule has 0 saturated carbocycles. The fourth-order valence-electron chi connectivity index (χ4n) is 2.97. The summed E-state index contributed by atoms with van der Waals surface area (Å²) < 4.78 is 64.5. The highest BCUT2D eigenvalue weighted by molar-refractivity contribution is 7.92. The molecule has 0 spiro atoms. The lowest BCUT2D eigenvalue weighted by Crippen LogP contribution is -2.27. The molecule has 1 saturated heterocycles. The third-order valence-electron chi connectivity index (χ3n) is 4.47. The zero-order valence-electron chi connectivity index (χ0n) is 15.6. The molecule has 8 nitrogen and oxygen atoms in total. The number of benzene rings is 2. The van der Waals surface area contributed by atoms with Crippen molar-refractivity contribution in [2.24, 2.45) is 0 Å². The average molecular weight is 427 g/mol. The zero-order valence-corrected chi connectivity index (χ0v) is 17.2. The summed E-state index contributed by atoms with van der Waals surface area (Å²) in [6.45, 7) is 1.02. The quantitative estimate of drug-likeness (QED) is 0.729. The Hall–Kier alpha value is -2.30. The van der Waals surface area contributed by atoms with Crippen LogP contribution in [0.5, 0.6) is 11.5 Å². The van der Waals surface area contributed by atoms with Gasteiger partial charge in [0.1, 0.15) is 0 Å². The van der Waals surface area contributed by atoms with E-state index in [-0.39, 0.29) is 21.2 Å². The monoisotopic (exact) mass is 426 g/mol. The van der Waals surface area contributed by atoms with Gasteiger partial charge in [0, 0.05) is 24.8 Å². The minimum absolute atomic E-state index is 0.00100. The molecule has 0 radical (unpaired) electrons. The molecule has 152 valence electrons. The highest BCUT2D eigenvalue weighted by atomic mass is 32.2. The maximum absolute atomic E-state index is 12.6. The van der Waals surface area contributed by atoms with E-state index in [0.717, 1.165) is 12.8 Å². The first-order chi connectivity index (χ1) is 13.3. The summed E-state index contributed by atoms with van der Waals surface area (Å²) in [5, 5.41) is 0. The summed E-state index contributed by atoms with van der Waals surface area (Å²) >= 11 is 0. The van der Waals surface area contributed by atoms with E-state index in [1.165, 1.54) is 61.0 Å². The molecule has 0 unspecified atom stereocenters. The van der Waals surface area contributed by atoms with Crippen molar-refractivity contribution in [3.63, 3.8) is 0 Å². The van der Waals surface area contributed by atoms with Gasteiger partial charge in [0.15, 0.2) is 11.5 Å². The number of ether oxygens (including phenoxy) is 2. The molecule has 1 fully saturated rings. The maximum Gasteiger partial charge on any atom is 0.262 e. The predicted molar refractivity (Wildman–Crippen MR) is 105 cm³/mol. The van der Waals surface area contributed by atoms with Gasteiger partial charge in [-0.25, -0.2) is 16.8 Å². The van der Waals surface area contributed by atoms with Gasteiger partial charge in [0.25, 0.3) is 10.0 Å². The third kappa shape index (κ3) is 4.08. The predicted octanol–water partition coefficient (Wildman–Crippen LogP) is 2.29. The number of nitrogens with one attached hydrogen (secondary N) is 1. The Labute approximate surface area is 165 Å². The number of methoxy groups -OCH3 is 2. The molecular weight excluding hydrogens is 404 g/mol. The van der Waals surface area contributed by atoms with E-state index < -0.39 is 20.0 Å². The molecule has 2 aromatic carbocycles. The minimum Gasteiger partial charge on any atom is -0.493 e. The molecule has 0 atom stereocenters. The molecular formula is C18H22N2O6S2. The Balaban J connectivity index is 1.81. The van der Waals surface area contributed by atoms with Crippen LogP contribution in [0.25, 0.3) is 0 Å². The molecule has 0 aromatic heterocycles. The third-order valence-corrected chi connectivity index (χ3v) is 7.77. The second kappa shape index (κ2) is 7.98. The van der Waals surface area contributed by atoms with Crippen molar-refractivity contribution in [3.8, 4) is 11.5 Å². The lowest BCUT2D eigenvalue weighted by molar-refractivity contribution is 0.354. The van der Waals surface area contributed by atoms with E-state index in [9.17, 15) is 16.8 Å². The molecule has 0 aliphatic carbocycles. The number of hydrogen-bond acceptors (Lipinski definition) is 6. The topological polar surface area (TPSA) is 102 Å². The first-order valence-corrected chi connectivity index (χ1v) is 11.6. The van der Waals surface area contributed by atoms with Gasteiger partial charge in [-0.2, -0.15) is 4.31 Å². The molecule has 1 aliphatic heterocycles. The molecule has 2 aromatic rings. The van der Waals surface area contributed by atoms with Gasteiger partial charge in [-0.1, -0.05) is 0 Å². The molecule has 1 aliphatic rings. The van der Waals surface area contributed by atoms with Crippen molar-refractivity contribution in [3.05, 3.63) is 42.5 Å². The van der Waals surface area contributed by atoms with Crippen molar-refractivity contribution in [1.82, 2.24) is 4.31 Å². The largest absolute Gasteiger partial charge is 0.493 e. The van der Waals surface area contributed by atoms with E-state index in [4.69, 9.17) is 9.47 Å². The Kier molecular flexibility index (Phi) is 5.82. The highest BCUT2D eigenvalue weighted by Crippen LogP contribution is 2.30. The number of nitrogens with zero attached hydrogens (tertiary/aromatic N) is 1. The van der Waals surface area contributed by atoms with E-state index in [2.05, 4.69) is 4.72 Å². The van der Waals surface area contributed by atoms with Gasteiger partial charge in [0.2, 0.25) is 10.0 Å². The second-order valence-corrected chi connectivity index (χ2v) is 9.88. The zero-order chi connectivity index (χ0) is 20.4. The van der Waals surface area contributed by atoms with Crippen molar-refractivity contribution in [1.29, 1.82) is 0 Å². The average Bonchev–Trinajstić information content (AvgIpc) is 3.23. The molecule has 1 heterocycles. The van der Waals surface area contributed by atoms with Gasteiger partial charge in [0.05, 0.1) is 24.0 Å². The first kappa shape index (κ1) is 20.4. The van der Waals surface area contributed by atoms with Gasteiger partial charge in [-0.15, -0.1) is 0 Å². The number of hydrogen-bond donors (Lipinski definition) is 1. The van der Waals surface area contributed by atoms with Crippen molar-refractivity contribution >= 4 is 25.7 Å². The summed E-state index contributed by atoms with van der Waals surface area (Å²) in [4.78, 5) is 0.141. The number of sulfonamides is 2. The lowest BCUT2D eigenvalue weighted by Gasteiger charge is -2.16. The second-order valence-electron chi connectivity index (χ2n) is 6.26. The molecule has 28 heavy (non-hydrogen) atoms. The van der Waals surface area contributed by atoms with Crippen LogP contribution in [0.2, 0.25) is 0 Å². The Morgan fingerprint density at radius 1 is 0.821 bits per heavy atom. The molecule has 1 N–H and O–H groups in total. The standard InChI is InChI=1S/C18H22N2O6S2/c1-25-17-10-9-16(13-18(17)26-2)27(21,22)19-14-5-7-15(8-6-14)28(23,24)20-11-3-4-12-20/h5-10,13,19H,3-4,11-12H2,1-2H3. The van der Waals surface area contributed by atoms with Crippen LogP contribution in [0.4, 0.5) is 5.69 Å². The fourth-order valence-corrected chi connectivity index (χ4v) is 5.56. The van der Waals surface area contributed by atoms with Gasteiger partial charge in [-0.05, 0) is 49.2 Å². The Morgan fingerprint density at radius 2 is 1.39 bits per heavy atom. The summed E-state index contributed by atoms with van der Waals surface area (Å²) in [6, 6.07) is 9.92.